The Kier molecular flexibility index (Phi) is 6.27. The van der Waals surface area contributed by atoms with Gasteiger partial charge in [0.05, 0.1) is 21.3 Å². The van der Waals surface area contributed by atoms with E-state index in [-0.39, 0.29) is 16.1 Å². The SMILES string of the molecule is O=C(Nc1cccc(SNc2ccccc2Cl)c1)c1cnc(Cl)c(Cl)c1. The zero-order valence-corrected chi connectivity index (χ0v) is 16.3. The van der Waals surface area contributed by atoms with Gasteiger partial charge in [0.15, 0.2) is 0 Å². The maximum absolute atomic E-state index is 12.3. The van der Waals surface area contributed by atoms with E-state index < -0.39 is 0 Å². The molecular weight excluding hydrogens is 413 g/mol. The number of para-hydroxylation sites is 1. The number of halogens is 3. The van der Waals surface area contributed by atoms with E-state index in [0.29, 0.717) is 16.3 Å². The van der Waals surface area contributed by atoms with Crippen LogP contribution in [0, 0.1) is 0 Å². The Hall–Kier alpha value is -1.92. The van der Waals surface area contributed by atoms with Crippen molar-refractivity contribution in [1.29, 1.82) is 0 Å². The first-order valence-corrected chi connectivity index (χ1v) is 9.38. The molecule has 0 bridgehead atoms. The Bertz CT molecular complexity index is 952. The predicted octanol–water partition coefficient (Wildman–Crippen LogP) is 6.41. The molecule has 0 aliphatic heterocycles. The van der Waals surface area contributed by atoms with Gasteiger partial charge in [0.2, 0.25) is 0 Å². The number of carbonyl (C=O) groups is 1. The topological polar surface area (TPSA) is 54.0 Å². The van der Waals surface area contributed by atoms with Crippen LogP contribution in [0.25, 0.3) is 0 Å². The molecular formula is C18H12Cl3N3OS. The largest absolute Gasteiger partial charge is 0.324 e. The predicted molar refractivity (Wildman–Crippen MR) is 110 cm³/mol. The molecule has 2 N–H and O–H groups in total. The Morgan fingerprint density at radius 2 is 1.77 bits per heavy atom. The van der Waals surface area contributed by atoms with Gasteiger partial charge in [-0.05, 0) is 48.3 Å². The summed E-state index contributed by atoms with van der Waals surface area (Å²) in [7, 11) is 0. The van der Waals surface area contributed by atoms with Crippen molar-refractivity contribution in [3.8, 4) is 0 Å². The number of nitrogens with zero attached hydrogens (tertiary/aromatic N) is 1. The van der Waals surface area contributed by atoms with Crippen LogP contribution < -0.4 is 10.0 Å². The van der Waals surface area contributed by atoms with Gasteiger partial charge in [-0.15, -0.1) is 0 Å². The zero-order chi connectivity index (χ0) is 18.5. The zero-order valence-electron chi connectivity index (χ0n) is 13.2. The molecule has 0 aliphatic rings. The Morgan fingerprint density at radius 3 is 2.54 bits per heavy atom. The van der Waals surface area contributed by atoms with Crippen LogP contribution in [0.3, 0.4) is 0 Å². The summed E-state index contributed by atoms with van der Waals surface area (Å²) in [5.74, 6) is -0.322. The van der Waals surface area contributed by atoms with E-state index in [1.807, 2.05) is 42.5 Å². The van der Waals surface area contributed by atoms with Crippen molar-refractivity contribution in [3.05, 3.63) is 81.6 Å². The molecule has 0 unspecified atom stereocenters. The standard InChI is InChI=1S/C18H12Cl3N3OS/c19-14-6-1-2-7-16(14)24-26-13-5-3-4-12(9-13)23-18(25)11-8-15(20)17(21)22-10-11/h1-10,24H,(H,23,25). The van der Waals surface area contributed by atoms with E-state index in [2.05, 4.69) is 15.0 Å². The molecule has 1 aromatic heterocycles. The highest BCUT2D eigenvalue weighted by Crippen LogP contribution is 2.28. The fraction of sp³-hybridized carbons (Fsp3) is 0. The third kappa shape index (κ3) is 4.83. The number of nitrogens with one attached hydrogen (secondary N) is 2. The molecule has 2 aromatic carbocycles. The summed E-state index contributed by atoms with van der Waals surface area (Å²) < 4.78 is 3.19. The number of hydrogen-bond donors (Lipinski definition) is 2. The quantitative estimate of drug-likeness (QED) is 0.367. The first-order valence-electron chi connectivity index (χ1n) is 7.43. The molecule has 3 aromatic rings. The summed E-state index contributed by atoms with van der Waals surface area (Å²) in [4.78, 5) is 17.1. The van der Waals surface area contributed by atoms with Crippen LogP contribution in [0.4, 0.5) is 11.4 Å². The fourth-order valence-electron chi connectivity index (χ4n) is 2.04. The van der Waals surface area contributed by atoms with Gasteiger partial charge in [-0.1, -0.05) is 53.0 Å². The maximum atomic E-state index is 12.3. The summed E-state index contributed by atoms with van der Waals surface area (Å²) in [5, 5.41) is 3.83. The van der Waals surface area contributed by atoms with Crippen molar-refractivity contribution >= 4 is 64.0 Å². The smallest absolute Gasteiger partial charge is 0.257 e. The minimum absolute atomic E-state index is 0.160. The normalized spacial score (nSPS) is 10.4. The van der Waals surface area contributed by atoms with Crippen LogP contribution >= 0.6 is 46.8 Å². The molecule has 3 rings (SSSR count). The summed E-state index contributed by atoms with van der Waals surface area (Å²) in [6.07, 6.45) is 1.38. The summed E-state index contributed by atoms with van der Waals surface area (Å²) in [5.41, 5.74) is 1.79. The number of hydrogen-bond acceptors (Lipinski definition) is 4. The number of rotatable bonds is 5. The third-order valence-electron chi connectivity index (χ3n) is 3.30. The molecule has 26 heavy (non-hydrogen) atoms. The van der Waals surface area contributed by atoms with Crippen LogP contribution in [-0.2, 0) is 0 Å². The first-order chi connectivity index (χ1) is 12.5. The molecule has 0 aliphatic carbocycles. The Morgan fingerprint density at radius 1 is 0.962 bits per heavy atom. The van der Waals surface area contributed by atoms with E-state index in [0.717, 1.165) is 10.6 Å². The first kappa shape index (κ1) is 18.9. The van der Waals surface area contributed by atoms with Crippen LogP contribution in [0.2, 0.25) is 15.2 Å². The van der Waals surface area contributed by atoms with E-state index in [4.69, 9.17) is 34.8 Å². The summed E-state index contributed by atoms with van der Waals surface area (Å²) in [6, 6.07) is 16.3. The van der Waals surface area contributed by atoms with Crippen molar-refractivity contribution in [2.45, 2.75) is 4.90 Å². The second-order valence-corrected chi connectivity index (χ2v) is 7.21. The lowest BCUT2D eigenvalue weighted by Crippen LogP contribution is -2.12. The third-order valence-corrected chi connectivity index (χ3v) is 5.13. The van der Waals surface area contributed by atoms with Crippen LogP contribution in [0.5, 0.6) is 0 Å². The summed E-state index contributed by atoms with van der Waals surface area (Å²) >= 11 is 19.2. The van der Waals surface area contributed by atoms with Crippen LogP contribution in [0.15, 0.2) is 65.7 Å². The highest BCUT2D eigenvalue weighted by atomic mass is 35.5. The summed E-state index contributed by atoms with van der Waals surface area (Å²) in [6.45, 7) is 0. The number of benzene rings is 2. The van der Waals surface area contributed by atoms with Gasteiger partial charge in [0, 0.05) is 16.8 Å². The van der Waals surface area contributed by atoms with Crippen molar-refractivity contribution < 1.29 is 4.79 Å². The second-order valence-electron chi connectivity index (χ2n) is 5.16. The highest BCUT2D eigenvalue weighted by molar-refractivity contribution is 8.00. The van der Waals surface area contributed by atoms with E-state index >= 15 is 0 Å². The average molecular weight is 425 g/mol. The van der Waals surface area contributed by atoms with E-state index in [9.17, 15) is 4.79 Å². The van der Waals surface area contributed by atoms with Gasteiger partial charge < -0.3 is 10.0 Å². The number of aromatic nitrogens is 1. The molecule has 1 amide bonds. The lowest BCUT2D eigenvalue weighted by Gasteiger charge is -2.09. The van der Waals surface area contributed by atoms with Crippen LogP contribution in [-0.4, -0.2) is 10.9 Å². The molecule has 132 valence electrons. The average Bonchev–Trinajstić information content (AvgIpc) is 2.63. The van der Waals surface area contributed by atoms with Crippen LogP contribution in [0.1, 0.15) is 10.4 Å². The molecule has 8 heteroatoms. The van der Waals surface area contributed by atoms with Gasteiger partial charge in [0.25, 0.3) is 5.91 Å². The molecule has 0 radical (unpaired) electrons. The minimum atomic E-state index is -0.322. The van der Waals surface area contributed by atoms with Gasteiger partial charge in [-0.3, -0.25) is 4.79 Å². The molecule has 0 spiro atoms. The Balaban J connectivity index is 1.68. The van der Waals surface area contributed by atoms with Gasteiger partial charge >= 0.3 is 0 Å². The highest BCUT2D eigenvalue weighted by Gasteiger charge is 2.10. The lowest BCUT2D eigenvalue weighted by atomic mass is 10.2. The van der Waals surface area contributed by atoms with E-state index in [1.54, 1.807) is 6.07 Å². The lowest BCUT2D eigenvalue weighted by molar-refractivity contribution is 0.102. The fourth-order valence-corrected chi connectivity index (χ4v) is 3.29. The molecule has 0 atom stereocenters. The van der Waals surface area contributed by atoms with Crippen molar-refractivity contribution in [2.24, 2.45) is 0 Å². The molecule has 0 fully saturated rings. The van der Waals surface area contributed by atoms with Gasteiger partial charge in [-0.2, -0.15) is 0 Å². The maximum Gasteiger partial charge on any atom is 0.257 e. The Labute approximate surface area is 170 Å². The number of carbonyl (C=O) groups excluding carboxylic acids is 1. The van der Waals surface area contributed by atoms with Crippen molar-refractivity contribution in [2.75, 3.05) is 10.0 Å². The minimum Gasteiger partial charge on any atom is -0.324 e. The van der Waals surface area contributed by atoms with Crippen molar-refractivity contribution in [3.63, 3.8) is 0 Å². The second kappa shape index (κ2) is 8.64. The van der Waals surface area contributed by atoms with Gasteiger partial charge in [0.1, 0.15) is 5.15 Å². The monoisotopic (exact) mass is 423 g/mol. The number of pyridine rings is 1. The van der Waals surface area contributed by atoms with Crippen molar-refractivity contribution in [1.82, 2.24) is 4.98 Å². The van der Waals surface area contributed by atoms with E-state index in [1.165, 1.54) is 24.2 Å². The molecule has 0 saturated carbocycles. The molecule has 1 heterocycles. The number of anilines is 2. The van der Waals surface area contributed by atoms with Gasteiger partial charge in [-0.25, -0.2) is 4.98 Å². The molecule has 4 nitrogen and oxygen atoms in total. The number of amides is 1. The molecule has 0 saturated heterocycles.